The summed E-state index contributed by atoms with van der Waals surface area (Å²) in [4.78, 5) is 19.2. The summed E-state index contributed by atoms with van der Waals surface area (Å²) in [6, 6.07) is -0.639. The third kappa shape index (κ3) is 3.94. The minimum Gasteiger partial charge on any atom is -0.264 e. The van der Waals surface area contributed by atoms with Gasteiger partial charge in [-0.15, -0.1) is 0 Å². The van der Waals surface area contributed by atoms with Gasteiger partial charge in [-0.2, -0.15) is 4.91 Å². The standard InChI is InChI=1S/C5H10N2O3/c1-2-3-5(6-8)4-7(9)10/h5H,2-4H2,1H3. The van der Waals surface area contributed by atoms with Crippen LogP contribution in [0.2, 0.25) is 0 Å². The van der Waals surface area contributed by atoms with Crippen LogP contribution in [0.25, 0.3) is 0 Å². The van der Waals surface area contributed by atoms with Crippen LogP contribution < -0.4 is 0 Å². The number of hydrogen-bond acceptors (Lipinski definition) is 4. The first-order chi connectivity index (χ1) is 4.70. The van der Waals surface area contributed by atoms with E-state index in [4.69, 9.17) is 0 Å². The molecule has 0 rings (SSSR count). The summed E-state index contributed by atoms with van der Waals surface area (Å²) in [5.41, 5.74) is 0. The smallest absolute Gasteiger partial charge is 0.229 e. The second-order valence-electron chi connectivity index (χ2n) is 2.06. The predicted octanol–water partition coefficient (Wildman–Crippen LogP) is 1.20. The van der Waals surface area contributed by atoms with E-state index in [1.54, 1.807) is 0 Å². The Bertz CT molecular complexity index is 126. The normalized spacial score (nSPS) is 12.5. The number of hydrogen-bond donors (Lipinski definition) is 0. The fourth-order valence-corrected chi connectivity index (χ4v) is 0.683. The maximum atomic E-state index is 9.88. The zero-order valence-corrected chi connectivity index (χ0v) is 5.82. The summed E-state index contributed by atoms with van der Waals surface area (Å²) in [7, 11) is 0. The zero-order valence-electron chi connectivity index (χ0n) is 5.82. The minimum atomic E-state index is -0.639. The van der Waals surface area contributed by atoms with Gasteiger partial charge >= 0.3 is 0 Å². The molecule has 0 N–H and O–H groups in total. The van der Waals surface area contributed by atoms with E-state index >= 15 is 0 Å². The Kier molecular flexibility index (Phi) is 4.36. The number of nitro groups is 1. The van der Waals surface area contributed by atoms with Crippen LogP contribution in [0.4, 0.5) is 0 Å². The van der Waals surface area contributed by atoms with Crippen molar-refractivity contribution < 1.29 is 4.92 Å². The lowest BCUT2D eigenvalue weighted by Crippen LogP contribution is -2.16. The molecule has 5 nitrogen and oxygen atoms in total. The Morgan fingerprint density at radius 3 is 2.60 bits per heavy atom. The highest BCUT2D eigenvalue weighted by atomic mass is 16.6. The molecular weight excluding hydrogens is 136 g/mol. The van der Waals surface area contributed by atoms with Crippen LogP contribution in [-0.2, 0) is 0 Å². The highest BCUT2D eigenvalue weighted by molar-refractivity contribution is 4.61. The van der Waals surface area contributed by atoms with Crippen LogP contribution in [0, 0.1) is 15.0 Å². The fourth-order valence-electron chi connectivity index (χ4n) is 0.683. The van der Waals surface area contributed by atoms with E-state index < -0.39 is 11.0 Å². The van der Waals surface area contributed by atoms with Crippen LogP contribution >= 0.6 is 0 Å². The third-order valence-electron chi connectivity index (χ3n) is 1.13. The molecule has 0 heterocycles. The molecule has 1 atom stereocenters. The molecule has 0 bridgehead atoms. The van der Waals surface area contributed by atoms with Gasteiger partial charge < -0.3 is 0 Å². The molecule has 0 aromatic heterocycles. The second kappa shape index (κ2) is 4.84. The third-order valence-corrected chi connectivity index (χ3v) is 1.13. The summed E-state index contributed by atoms with van der Waals surface area (Å²) >= 11 is 0. The van der Waals surface area contributed by atoms with Crippen LogP contribution in [0.5, 0.6) is 0 Å². The van der Waals surface area contributed by atoms with Gasteiger partial charge in [0, 0.05) is 4.92 Å². The summed E-state index contributed by atoms with van der Waals surface area (Å²) in [6.45, 7) is 1.52. The van der Waals surface area contributed by atoms with E-state index in [2.05, 4.69) is 5.18 Å². The Labute approximate surface area is 58.5 Å². The Morgan fingerprint density at radius 2 is 2.30 bits per heavy atom. The molecule has 0 amide bonds. The van der Waals surface area contributed by atoms with Crippen molar-refractivity contribution in [1.29, 1.82) is 0 Å². The number of nitrogens with zero attached hydrogens (tertiary/aromatic N) is 2. The Hall–Kier alpha value is -1.00. The van der Waals surface area contributed by atoms with Crippen LogP contribution in [0.1, 0.15) is 19.8 Å². The highest BCUT2D eigenvalue weighted by Gasteiger charge is 2.13. The zero-order chi connectivity index (χ0) is 7.98. The maximum absolute atomic E-state index is 9.88. The summed E-state index contributed by atoms with van der Waals surface area (Å²) < 4.78 is 0. The lowest BCUT2D eigenvalue weighted by molar-refractivity contribution is -0.482. The first-order valence-corrected chi connectivity index (χ1v) is 3.15. The lowest BCUT2D eigenvalue weighted by atomic mass is 10.2. The van der Waals surface area contributed by atoms with Crippen molar-refractivity contribution in [2.75, 3.05) is 6.54 Å². The van der Waals surface area contributed by atoms with E-state index in [1.165, 1.54) is 0 Å². The van der Waals surface area contributed by atoms with Crippen molar-refractivity contribution in [2.24, 2.45) is 5.18 Å². The molecule has 0 spiro atoms. The van der Waals surface area contributed by atoms with E-state index in [0.29, 0.717) is 6.42 Å². The molecule has 0 aliphatic carbocycles. The van der Waals surface area contributed by atoms with Crippen molar-refractivity contribution >= 4 is 0 Å². The van der Waals surface area contributed by atoms with Crippen LogP contribution in [-0.4, -0.2) is 17.5 Å². The Balaban J connectivity index is 3.59. The van der Waals surface area contributed by atoms with E-state index in [1.807, 2.05) is 6.92 Å². The predicted molar refractivity (Wildman–Crippen MR) is 36.4 cm³/mol. The van der Waals surface area contributed by atoms with E-state index in [0.717, 1.165) is 6.42 Å². The quantitative estimate of drug-likeness (QED) is 0.332. The highest BCUT2D eigenvalue weighted by Crippen LogP contribution is 2.00. The molecule has 1 unspecified atom stereocenters. The minimum absolute atomic E-state index is 0.336. The molecule has 0 aliphatic rings. The monoisotopic (exact) mass is 146 g/mol. The molecule has 0 aromatic rings. The molecule has 0 saturated carbocycles. The molecule has 0 aromatic carbocycles. The summed E-state index contributed by atoms with van der Waals surface area (Å²) in [5, 5.41) is 12.5. The van der Waals surface area contributed by atoms with Gasteiger partial charge in [-0.05, 0) is 6.42 Å². The van der Waals surface area contributed by atoms with Crippen molar-refractivity contribution in [2.45, 2.75) is 25.8 Å². The molecule has 58 valence electrons. The largest absolute Gasteiger partial charge is 0.264 e. The Morgan fingerprint density at radius 1 is 1.70 bits per heavy atom. The van der Waals surface area contributed by atoms with Crippen molar-refractivity contribution in [1.82, 2.24) is 0 Å². The van der Waals surface area contributed by atoms with Crippen LogP contribution in [0.3, 0.4) is 0 Å². The molecule has 5 heteroatoms. The van der Waals surface area contributed by atoms with Gasteiger partial charge in [0.2, 0.25) is 6.54 Å². The van der Waals surface area contributed by atoms with Gasteiger partial charge in [0.25, 0.3) is 0 Å². The first-order valence-electron chi connectivity index (χ1n) is 3.15. The SMILES string of the molecule is CCCC(C[N+](=O)[O-])N=O. The van der Waals surface area contributed by atoms with Gasteiger partial charge in [0.05, 0.1) is 0 Å². The van der Waals surface area contributed by atoms with Crippen molar-refractivity contribution in [3.8, 4) is 0 Å². The average molecular weight is 146 g/mol. The molecule has 0 aliphatic heterocycles. The van der Waals surface area contributed by atoms with Crippen molar-refractivity contribution in [3.05, 3.63) is 15.0 Å². The van der Waals surface area contributed by atoms with Gasteiger partial charge in [0.15, 0.2) is 6.04 Å². The summed E-state index contributed by atoms with van der Waals surface area (Å²) in [6.07, 6.45) is 1.26. The molecule has 0 saturated heterocycles. The first kappa shape index (κ1) is 9.00. The van der Waals surface area contributed by atoms with E-state index in [-0.39, 0.29) is 6.54 Å². The van der Waals surface area contributed by atoms with Gasteiger partial charge in [0.1, 0.15) is 0 Å². The fraction of sp³-hybridized carbons (Fsp3) is 1.00. The van der Waals surface area contributed by atoms with E-state index in [9.17, 15) is 15.0 Å². The molecule has 10 heavy (non-hydrogen) atoms. The van der Waals surface area contributed by atoms with Crippen LogP contribution in [0.15, 0.2) is 5.18 Å². The van der Waals surface area contributed by atoms with Gasteiger partial charge in [-0.25, -0.2) is 0 Å². The summed E-state index contributed by atoms with van der Waals surface area (Å²) in [5.74, 6) is 0. The number of nitroso groups, excluding NO2 is 1. The lowest BCUT2D eigenvalue weighted by Gasteiger charge is -1.99. The van der Waals surface area contributed by atoms with Gasteiger partial charge in [-0.3, -0.25) is 10.1 Å². The van der Waals surface area contributed by atoms with Crippen molar-refractivity contribution in [3.63, 3.8) is 0 Å². The average Bonchev–Trinajstić information content (AvgIpc) is 1.86. The maximum Gasteiger partial charge on any atom is 0.229 e. The molecule has 0 radical (unpaired) electrons. The topological polar surface area (TPSA) is 72.6 Å². The van der Waals surface area contributed by atoms with Gasteiger partial charge in [-0.1, -0.05) is 18.5 Å². The second-order valence-corrected chi connectivity index (χ2v) is 2.06. The molecular formula is C5H10N2O3. The number of rotatable bonds is 5. The molecule has 0 fully saturated rings.